The lowest BCUT2D eigenvalue weighted by atomic mass is 10.3. The number of aryl methyl sites for hydroxylation is 1. The van der Waals surface area contributed by atoms with E-state index in [0.717, 1.165) is 0 Å². The standard InChI is InChI=1S/C13H13Cl2FN4O3/c1-6(13(21)22-5-7-3-4-18-20(7)2)23-12-9(15)10(17)8(14)11(16)19-12/h3-4,6H,5H2,1-2H3,(H2,17,19)/t6-/m1/s1. The molecule has 0 amide bonds. The highest BCUT2D eigenvalue weighted by atomic mass is 35.5. The van der Waals surface area contributed by atoms with Crippen molar-refractivity contribution in [3.63, 3.8) is 0 Å². The molecule has 0 aliphatic carbocycles. The molecular formula is C13H13Cl2FN4O3. The minimum absolute atomic E-state index is 0.0152. The van der Waals surface area contributed by atoms with Crippen LogP contribution in [0.4, 0.5) is 10.1 Å². The average Bonchev–Trinajstić information content (AvgIpc) is 2.93. The number of pyridine rings is 1. The van der Waals surface area contributed by atoms with Crippen LogP contribution < -0.4 is 10.5 Å². The minimum Gasteiger partial charge on any atom is -0.461 e. The molecule has 0 saturated carbocycles. The molecule has 2 rings (SSSR count). The maximum absolute atomic E-state index is 13.5. The van der Waals surface area contributed by atoms with Gasteiger partial charge in [-0.3, -0.25) is 4.68 Å². The topological polar surface area (TPSA) is 92.3 Å². The number of hydrogen-bond donors (Lipinski definition) is 1. The number of aromatic nitrogens is 3. The third-order valence-electron chi connectivity index (χ3n) is 2.95. The van der Waals surface area contributed by atoms with Gasteiger partial charge in [0, 0.05) is 13.2 Å². The number of anilines is 1. The van der Waals surface area contributed by atoms with E-state index in [2.05, 4.69) is 10.1 Å². The maximum atomic E-state index is 13.5. The summed E-state index contributed by atoms with van der Waals surface area (Å²) in [7, 11) is 1.71. The summed E-state index contributed by atoms with van der Waals surface area (Å²) < 4.78 is 25.3. The number of hydrogen-bond acceptors (Lipinski definition) is 6. The first-order valence-electron chi connectivity index (χ1n) is 6.41. The van der Waals surface area contributed by atoms with E-state index in [4.69, 9.17) is 38.4 Å². The van der Waals surface area contributed by atoms with E-state index >= 15 is 0 Å². The fraction of sp³-hybridized carbons (Fsp3) is 0.308. The molecule has 2 aromatic rings. The lowest BCUT2D eigenvalue weighted by molar-refractivity contribution is -0.152. The SMILES string of the molecule is C[C@@H](Oc1nc(F)c(Cl)c(N)c1Cl)C(=O)OCc1ccnn1C. The van der Waals surface area contributed by atoms with E-state index in [9.17, 15) is 9.18 Å². The smallest absolute Gasteiger partial charge is 0.347 e. The Morgan fingerprint density at radius 3 is 2.78 bits per heavy atom. The van der Waals surface area contributed by atoms with Gasteiger partial charge in [0.05, 0.1) is 11.4 Å². The van der Waals surface area contributed by atoms with Crippen LogP contribution in [0.25, 0.3) is 0 Å². The van der Waals surface area contributed by atoms with Gasteiger partial charge in [0.15, 0.2) is 6.10 Å². The summed E-state index contributed by atoms with van der Waals surface area (Å²) in [6, 6.07) is 1.70. The molecule has 0 saturated heterocycles. The Labute approximate surface area is 141 Å². The summed E-state index contributed by atoms with van der Waals surface area (Å²) in [6.45, 7) is 1.42. The van der Waals surface area contributed by atoms with Crippen molar-refractivity contribution in [1.82, 2.24) is 14.8 Å². The van der Waals surface area contributed by atoms with Gasteiger partial charge in [0.1, 0.15) is 16.7 Å². The van der Waals surface area contributed by atoms with E-state index in [-0.39, 0.29) is 23.2 Å². The predicted octanol–water partition coefficient (Wildman–Crippen LogP) is 2.35. The summed E-state index contributed by atoms with van der Waals surface area (Å²) in [5.74, 6) is -2.06. The molecule has 0 aliphatic rings. The number of esters is 1. The van der Waals surface area contributed by atoms with Crippen molar-refractivity contribution in [1.29, 1.82) is 0 Å². The van der Waals surface area contributed by atoms with Crippen LogP contribution in [0.5, 0.6) is 5.88 Å². The van der Waals surface area contributed by atoms with Gasteiger partial charge in [0.2, 0.25) is 11.8 Å². The van der Waals surface area contributed by atoms with Crippen LogP contribution in [0.1, 0.15) is 12.6 Å². The third-order valence-corrected chi connectivity index (χ3v) is 3.67. The lowest BCUT2D eigenvalue weighted by Crippen LogP contribution is -2.27. The number of carbonyl (C=O) groups excluding carboxylic acids is 1. The van der Waals surface area contributed by atoms with Crippen LogP contribution in [0.3, 0.4) is 0 Å². The fourth-order valence-corrected chi connectivity index (χ4v) is 1.98. The van der Waals surface area contributed by atoms with E-state index in [1.54, 1.807) is 24.0 Å². The maximum Gasteiger partial charge on any atom is 0.347 e. The molecule has 0 unspecified atom stereocenters. The Hall–Kier alpha value is -2.06. The van der Waals surface area contributed by atoms with Crippen LogP contribution >= 0.6 is 23.2 Å². The van der Waals surface area contributed by atoms with Crippen LogP contribution in [-0.4, -0.2) is 26.8 Å². The number of halogens is 3. The van der Waals surface area contributed by atoms with Gasteiger partial charge in [-0.2, -0.15) is 14.5 Å². The second-order valence-corrected chi connectivity index (χ2v) is 5.32. The molecule has 0 radical (unpaired) electrons. The molecule has 0 fully saturated rings. The molecule has 124 valence electrons. The zero-order valence-corrected chi connectivity index (χ0v) is 13.7. The van der Waals surface area contributed by atoms with Gasteiger partial charge in [-0.25, -0.2) is 4.79 Å². The normalized spacial score (nSPS) is 12.0. The monoisotopic (exact) mass is 362 g/mol. The molecule has 10 heteroatoms. The Morgan fingerprint density at radius 1 is 1.48 bits per heavy atom. The van der Waals surface area contributed by atoms with Crippen molar-refractivity contribution >= 4 is 34.9 Å². The first-order valence-corrected chi connectivity index (χ1v) is 7.17. The highest BCUT2D eigenvalue weighted by Crippen LogP contribution is 2.35. The van der Waals surface area contributed by atoms with Crippen molar-refractivity contribution in [3.05, 3.63) is 34.0 Å². The quantitative estimate of drug-likeness (QED) is 0.648. The van der Waals surface area contributed by atoms with Crippen molar-refractivity contribution in [2.75, 3.05) is 5.73 Å². The highest BCUT2D eigenvalue weighted by Gasteiger charge is 2.22. The van der Waals surface area contributed by atoms with Gasteiger partial charge in [0.25, 0.3) is 0 Å². The third kappa shape index (κ3) is 3.83. The summed E-state index contributed by atoms with van der Waals surface area (Å²) in [5, 5.41) is 3.36. The predicted molar refractivity (Wildman–Crippen MR) is 81.7 cm³/mol. The summed E-state index contributed by atoms with van der Waals surface area (Å²) in [6.07, 6.45) is 0.500. The van der Waals surface area contributed by atoms with Crippen LogP contribution in [-0.2, 0) is 23.2 Å². The van der Waals surface area contributed by atoms with E-state index in [1.165, 1.54) is 6.92 Å². The molecule has 0 spiro atoms. The second-order valence-electron chi connectivity index (χ2n) is 4.56. The van der Waals surface area contributed by atoms with Gasteiger partial charge in [-0.1, -0.05) is 23.2 Å². The molecule has 23 heavy (non-hydrogen) atoms. The highest BCUT2D eigenvalue weighted by molar-refractivity contribution is 6.39. The molecular weight excluding hydrogens is 350 g/mol. The van der Waals surface area contributed by atoms with Crippen molar-refractivity contribution in [2.45, 2.75) is 19.6 Å². The van der Waals surface area contributed by atoms with Gasteiger partial charge in [-0.05, 0) is 13.0 Å². The Balaban J connectivity index is 2.03. The van der Waals surface area contributed by atoms with Gasteiger partial charge < -0.3 is 15.2 Å². The van der Waals surface area contributed by atoms with Crippen molar-refractivity contribution in [2.24, 2.45) is 7.05 Å². The van der Waals surface area contributed by atoms with Crippen LogP contribution in [0.15, 0.2) is 12.3 Å². The number of carbonyl (C=O) groups is 1. The first-order chi connectivity index (χ1) is 10.8. The van der Waals surface area contributed by atoms with Crippen LogP contribution in [0.2, 0.25) is 10.0 Å². The second kappa shape index (κ2) is 7.01. The summed E-state index contributed by atoms with van der Waals surface area (Å²) in [4.78, 5) is 15.3. The van der Waals surface area contributed by atoms with Gasteiger partial charge >= 0.3 is 5.97 Å². The van der Waals surface area contributed by atoms with Crippen molar-refractivity contribution < 1.29 is 18.7 Å². The Bertz CT molecular complexity index is 738. The van der Waals surface area contributed by atoms with E-state index in [0.29, 0.717) is 5.69 Å². The van der Waals surface area contributed by atoms with E-state index < -0.39 is 23.0 Å². The molecule has 1 atom stereocenters. The number of rotatable bonds is 5. The zero-order chi connectivity index (χ0) is 17.1. The first kappa shape index (κ1) is 17.3. The fourth-order valence-electron chi connectivity index (χ4n) is 1.61. The Kier molecular flexibility index (Phi) is 5.27. The molecule has 0 bridgehead atoms. The number of nitrogen functional groups attached to an aromatic ring is 1. The molecule has 0 aromatic carbocycles. The molecule has 0 aliphatic heterocycles. The molecule has 2 aromatic heterocycles. The number of nitrogens with zero attached hydrogens (tertiary/aromatic N) is 3. The molecule has 7 nitrogen and oxygen atoms in total. The summed E-state index contributed by atoms with van der Waals surface area (Å²) >= 11 is 11.4. The molecule has 2 heterocycles. The summed E-state index contributed by atoms with van der Waals surface area (Å²) in [5.41, 5.74) is 6.01. The lowest BCUT2D eigenvalue weighted by Gasteiger charge is -2.15. The Morgan fingerprint density at radius 2 is 2.17 bits per heavy atom. The largest absolute Gasteiger partial charge is 0.461 e. The number of ether oxygens (including phenoxy) is 2. The minimum atomic E-state index is -1.08. The molecule has 2 N–H and O–H groups in total. The zero-order valence-electron chi connectivity index (χ0n) is 12.2. The van der Waals surface area contributed by atoms with Crippen LogP contribution in [0, 0.1) is 5.95 Å². The number of nitrogens with two attached hydrogens (primary N) is 1. The van der Waals surface area contributed by atoms with Crippen molar-refractivity contribution in [3.8, 4) is 5.88 Å². The van der Waals surface area contributed by atoms with E-state index in [1.807, 2.05) is 0 Å². The van der Waals surface area contributed by atoms with Gasteiger partial charge in [-0.15, -0.1) is 0 Å². The average molecular weight is 363 g/mol.